The van der Waals surface area contributed by atoms with E-state index in [-0.39, 0.29) is 0 Å². The van der Waals surface area contributed by atoms with E-state index in [0.29, 0.717) is 4.90 Å². The fourth-order valence-electron chi connectivity index (χ4n) is 2.65. The van der Waals surface area contributed by atoms with Gasteiger partial charge in [-0.15, -0.1) is 0 Å². The molecule has 2 aromatic rings. The van der Waals surface area contributed by atoms with Gasteiger partial charge in [-0.2, -0.15) is 0 Å². The van der Waals surface area contributed by atoms with Gasteiger partial charge in [0.25, 0.3) is 0 Å². The maximum absolute atomic E-state index is 11.5. The highest BCUT2D eigenvalue weighted by Gasteiger charge is 2.08. The molecule has 0 heterocycles. The fourth-order valence-corrected chi connectivity index (χ4v) is 3.28. The first-order valence-electron chi connectivity index (χ1n) is 8.56. The molecule has 0 spiro atoms. The van der Waals surface area contributed by atoms with E-state index in [4.69, 9.17) is 0 Å². The summed E-state index contributed by atoms with van der Waals surface area (Å²) in [6, 6.07) is 15.5. The Balaban J connectivity index is 1.87. The lowest BCUT2D eigenvalue weighted by Gasteiger charge is -2.22. The zero-order valence-electron chi connectivity index (χ0n) is 15.9. The molecule has 0 aromatic heterocycles. The number of benzene rings is 2. The van der Waals surface area contributed by atoms with Gasteiger partial charge in [0.15, 0.2) is 15.8 Å². The summed E-state index contributed by atoms with van der Waals surface area (Å²) in [7, 11) is 0.640. The molecule has 2 rings (SSSR count). The van der Waals surface area contributed by atoms with Gasteiger partial charge >= 0.3 is 0 Å². The quantitative estimate of drug-likeness (QED) is 0.625. The molecule has 0 saturated carbocycles. The Bertz CT molecular complexity index is 842. The Morgan fingerprint density at radius 1 is 1.04 bits per heavy atom. The summed E-state index contributed by atoms with van der Waals surface area (Å²) >= 11 is 0. The second-order valence-corrected chi connectivity index (χ2v) is 8.50. The van der Waals surface area contributed by atoms with Crippen LogP contribution in [0.4, 0.5) is 0 Å². The average Bonchev–Trinajstić information content (AvgIpc) is 2.60. The van der Waals surface area contributed by atoms with Gasteiger partial charge in [0, 0.05) is 33.4 Å². The van der Waals surface area contributed by atoms with Crippen molar-refractivity contribution in [1.29, 1.82) is 0 Å². The third-order valence-electron chi connectivity index (χ3n) is 4.16. The van der Waals surface area contributed by atoms with Gasteiger partial charge in [-0.25, -0.2) is 8.42 Å². The van der Waals surface area contributed by atoms with Crippen LogP contribution in [-0.4, -0.2) is 46.2 Å². The molecule has 0 radical (unpaired) electrons. The summed E-state index contributed by atoms with van der Waals surface area (Å²) in [5, 5.41) is 3.35. The number of hydrogen-bond donors (Lipinski definition) is 1. The third kappa shape index (κ3) is 5.88. The predicted molar refractivity (Wildman–Crippen MR) is 107 cm³/mol. The Kier molecular flexibility index (Phi) is 6.80. The molecule has 0 fully saturated rings. The van der Waals surface area contributed by atoms with Gasteiger partial charge in [0.1, 0.15) is 0 Å². The lowest BCUT2D eigenvalue weighted by atomic mass is 10.1. The molecule has 1 N–H and O–H groups in total. The number of guanidine groups is 1. The third-order valence-corrected chi connectivity index (χ3v) is 5.29. The molecule has 6 heteroatoms. The number of nitrogens with zero attached hydrogens (tertiary/aromatic N) is 2. The summed E-state index contributed by atoms with van der Waals surface area (Å²) in [5.74, 6) is 0.832. The SMILES string of the molecule is CN=C(NCCc1ccc(S(C)(=O)=O)cc1)N(C)Cc1ccc(C)cc1. The summed E-state index contributed by atoms with van der Waals surface area (Å²) in [6.45, 7) is 3.59. The number of rotatable bonds is 6. The normalized spacial score (nSPS) is 12.1. The second kappa shape index (κ2) is 8.85. The minimum absolute atomic E-state index is 0.350. The van der Waals surface area contributed by atoms with Gasteiger partial charge in [0.05, 0.1) is 4.90 Å². The molecular weight excluding hydrogens is 346 g/mol. The number of nitrogens with one attached hydrogen (secondary N) is 1. The zero-order chi connectivity index (χ0) is 19.2. The first kappa shape index (κ1) is 20.0. The van der Waals surface area contributed by atoms with Gasteiger partial charge < -0.3 is 10.2 Å². The number of aliphatic imine (C=N–C) groups is 1. The number of sulfone groups is 1. The van der Waals surface area contributed by atoms with Gasteiger partial charge in [-0.3, -0.25) is 4.99 Å². The Morgan fingerprint density at radius 2 is 1.62 bits per heavy atom. The molecule has 2 aromatic carbocycles. The van der Waals surface area contributed by atoms with Crippen LogP contribution in [0.3, 0.4) is 0 Å². The van der Waals surface area contributed by atoms with Crippen LogP contribution in [0.2, 0.25) is 0 Å². The highest BCUT2D eigenvalue weighted by atomic mass is 32.2. The minimum Gasteiger partial charge on any atom is -0.356 e. The molecule has 0 aliphatic carbocycles. The van der Waals surface area contributed by atoms with E-state index in [1.54, 1.807) is 19.2 Å². The number of hydrogen-bond acceptors (Lipinski definition) is 3. The maximum Gasteiger partial charge on any atom is 0.193 e. The second-order valence-electron chi connectivity index (χ2n) is 6.48. The van der Waals surface area contributed by atoms with E-state index < -0.39 is 9.84 Å². The predicted octanol–water partition coefficient (Wildman–Crippen LogP) is 2.65. The first-order chi connectivity index (χ1) is 12.3. The Hall–Kier alpha value is -2.34. The van der Waals surface area contributed by atoms with Gasteiger partial charge in [0.2, 0.25) is 0 Å². The van der Waals surface area contributed by atoms with Crippen LogP contribution in [0.5, 0.6) is 0 Å². The van der Waals surface area contributed by atoms with Crippen LogP contribution in [0.1, 0.15) is 16.7 Å². The molecule has 0 saturated heterocycles. The molecular formula is C20H27N3O2S. The van der Waals surface area contributed by atoms with E-state index in [0.717, 1.165) is 31.0 Å². The summed E-state index contributed by atoms with van der Waals surface area (Å²) < 4.78 is 23.0. The smallest absolute Gasteiger partial charge is 0.193 e. The van der Waals surface area contributed by atoms with Crippen molar-refractivity contribution >= 4 is 15.8 Å². The van der Waals surface area contributed by atoms with Crippen LogP contribution in [0.25, 0.3) is 0 Å². The van der Waals surface area contributed by atoms with Crippen LogP contribution in [0.15, 0.2) is 58.4 Å². The highest BCUT2D eigenvalue weighted by Crippen LogP contribution is 2.10. The standard InChI is InChI=1S/C20H27N3O2S/c1-16-5-7-18(8-6-16)15-23(3)20(21-2)22-14-13-17-9-11-19(12-10-17)26(4,24)25/h5-12H,13-15H2,1-4H3,(H,21,22). The monoisotopic (exact) mass is 373 g/mol. The number of aryl methyl sites for hydroxylation is 1. The van der Waals surface area contributed by atoms with E-state index in [1.165, 1.54) is 17.4 Å². The Labute approximate surface area is 156 Å². The largest absolute Gasteiger partial charge is 0.356 e. The van der Waals surface area contributed by atoms with Crippen molar-refractivity contribution in [3.8, 4) is 0 Å². The lowest BCUT2D eigenvalue weighted by molar-refractivity contribution is 0.477. The molecule has 5 nitrogen and oxygen atoms in total. The maximum atomic E-state index is 11.5. The van der Waals surface area contributed by atoms with Crippen molar-refractivity contribution in [1.82, 2.24) is 10.2 Å². The molecule has 0 aliphatic rings. The van der Waals surface area contributed by atoms with Crippen LogP contribution >= 0.6 is 0 Å². The van der Waals surface area contributed by atoms with E-state index in [2.05, 4.69) is 46.4 Å². The molecule has 0 bridgehead atoms. The van der Waals surface area contributed by atoms with Crippen molar-refractivity contribution in [3.63, 3.8) is 0 Å². The fraction of sp³-hybridized carbons (Fsp3) is 0.350. The summed E-state index contributed by atoms with van der Waals surface area (Å²) in [4.78, 5) is 6.76. The van der Waals surface area contributed by atoms with Crippen molar-refractivity contribution in [3.05, 3.63) is 65.2 Å². The highest BCUT2D eigenvalue weighted by molar-refractivity contribution is 7.90. The van der Waals surface area contributed by atoms with Crippen LogP contribution in [0, 0.1) is 6.92 Å². The summed E-state index contributed by atoms with van der Waals surface area (Å²) in [6.07, 6.45) is 2.01. The van der Waals surface area contributed by atoms with Crippen LogP contribution < -0.4 is 5.32 Å². The average molecular weight is 374 g/mol. The van der Waals surface area contributed by atoms with Crippen molar-refractivity contribution in [2.45, 2.75) is 24.8 Å². The molecule has 0 aliphatic heterocycles. The Morgan fingerprint density at radius 3 is 2.15 bits per heavy atom. The van der Waals surface area contributed by atoms with Crippen molar-refractivity contribution in [2.24, 2.45) is 4.99 Å². The topological polar surface area (TPSA) is 61.8 Å². The molecule has 0 unspecified atom stereocenters. The summed E-state index contributed by atoms with van der Waals surface area (Å²) in [5.41, 5.74) is 3.57. The van der Waals surface area contributed by atoms with Crippen molar-refractivity contribution in [2.75, 3.05) is 26.9 Å². The zero-order valence-corrected chi connectivity index (χ0v) is 16.7. The van der Waals surface area contributed by atoms with E-state index >= 15 is 0 Å². The molecule has 0 amide bonds. The molecule has 26 heavy (non-hydrogen) atoms. The minimum atomic E-state index is -3.14. The first-order valence-corrected chi connectivity index (χ1v) is 10.4. The van der Waals surface area contributed by atoms with E-state index in [9.17, 15) is 8.42 Å². The molecule has 140 valence electrons. The van der Waals surface area contributed by atoms with Crippen molar-refractivity contribution < 1.29 is 8.42 Å². The van der Waals surface area contributed by atoms with Gasteiger partial charge in [-0.05, 0) is 36.6 Å². The van der Waals surface area contributed by atoms with Gasteiger partial charge in [-0.1, -0.05) is 42.0 Å². The van der Waals surface area contributed by atoms with Crippen LogP contribution in [-0.2, 0) is 22.8 Å². The molecule has 0 atom stereocenters. The van der Waals surface area contributed by atoms with E-state index in [1.807, 2.05) is 19.2 Å². The lowest BCUT2D eigenvalue weighted by Crippen LogP contribution is -2.39.